The number of alkyl halides is 3. The maximum Gasteiger partial charge on any atom is 0.416 e. The second-order valence-corrected chi connectivity index (χ2v) is 7.00. The second-order valence-electron chi connectivity index (χ2n) is 6.15. The Balaban J connectivity index is 1.59. The molecule has 0 saturated carbocycles. The molecule has 0 unspecified atom stereocenters. The Morgan fingerprint density at radius 1 is 1.20 bits per heavy atom. The van der Waals surface area contributed by atoms with E-state index in [1.165, 1.54) is 17.5 Å². The van der Waals surface area contributed by atoms with Crippen LogP contribution in [0.25, 0.3) is 10.6 Å². The van der Waals surface area contributed by atoms with Crippen LogP contribution >= 0.6 is 11.3 Å². The highest BCUT2D eigenvalue weighted by molar-refractivity contribution is 7.13. The smallest absolute Gasteiger partial charge is 0.416 e. The molecule has 3 aromatic rings. The lowest BCUT2D eigenvalue weighted by Crippen LogP contribution is -2.23. The summed E-state index contributed by atoms with van der Waals surface area (Å²) in [5.74, 6) is 0.0252. The molecule has 1 aromatic carbocycles. The lowest BCUT2D eigenvalue weighted by atomic mass is 10.1. The first-order valence-corrected chi connectivity index (χ1v) is 9.73. The topological polar surface area (TPSA) is 73.3 Å². The quantitative estimate of drug-likeness (QED) is 0.536. The van der Waals surface area contributed by atoms with Crippen LogP contribution in [0.5, 0.6) is 5.88 Å². The zero-order chi connectivity index (χ0) is 21.6. The summed E-state index contributed by atoms with van der Waals surface area (Å²) in [7, 11) is 1.58. The van der Waals surface area contributed by atoms with E-state index in [0.29, 0.717) is 29.7 Å². The van der Waals surface area contributed by atoms with Crippen molar-refractivity contribution in [3.05, 3.63) is 64.8 Å². The number of hydrogen-bond acceptors (Lipinski definition) is 6. The number of thiazole rings is 1. The fraction of sp³-hybridized carbons (Fsp3) is 0.250. The van der Waals surface area contributed by atoms with Gasteiger partial charge in [-0.2, -0.15) is 13.2 Å². The maximum absolute atomic E-state index is 12.9. The molecule has 0 bridgehead atoms. The van der Waals surface area contributed by atoms with Crippen LogP contribution in [0.4, 0.5) is 13.2 Å². The number of aromatic nitrogens is 2. The molecule has 158 valence electrons. The van der Waals surface area contributed by atoms with Crippen molar-refractivity contribution in [3.63, 3.8) is 0 Å². The van der Waals surface area contributed by atoms with Crippen molar-refractivity contribution in [2.45, 2.75) is 12.7 Å². The molecule has 3 rings (SSSR count). The summed E-state index contributed by atoms with van der Waals surface area (Å²) >= 11 is 1.10. The number of carbonyl (C=O) groups excluding carboxylic acids is 1. The van der Waals surface area contributed by atoms with Gasteiger partial charge in [0.2, 0.25) is 5.88 Å². The van der Waals surface area contributed by atoms with Crippen molar-refractivity contribution in [3.8, 4) is 16.5 Å². The van der Waals surface area contributed by atoms with Gasteiger partial charge in [0.15, 0.2) is 0 Å². The Morgan fingerprint density at radius 3 is 2.73 bits per heavy atom. The molecule has 2 aromatic heterocycles. The Labute approximate surface area is 174 Å². The van der Waals surface area contributed by atoms with Gasteiger partial charge in [0.25, 0.3) is 5.91 Å². The summed E-state index contributed by atoms with van der Waals surface area (Å²) in [5.41, 5.74) is 0.446. The fourth-order valence-electron chi connectivity index (χ4n) is 2.44. The van der Waals surface area contributed by atoms with Gasteiger partial charge in [0.1, 0.15) is 17.3 Å². The predicted molar refractivity (Wildman–Crippen MR) is 105 cm³/mol. The number of nitrogens with zero attached hydrogens (tertiary/aromatic N) is 2. The Bertz CT molecular complexity index is 991. The van der Waals surface area contributed by atoms with E-state index < -0.39 is 17.6 Å². The highest BCUT2D eigenvalue weighted by atomic mass is 32.1. The van der Waals surface area contributed by atoms with Crippen molar-refractivity contribution >= 4 is 17.2 Å². The molecule has 30 heavy (non-hydrogen) atoms. The fourth-order valence-corrected chi connectivity index (χ4v) is 3.24. The van der Waals surface area contributed by atoms with Crippen LogP contribution in [-0.4, -0.2) is 36.2 Å². The lowest BCUT2D eigenvalue weighted by molar-refractivity contribution is -0.137. The number of ether oxygens (including phenoxy) is 2. The van der Waals surface area contributed by atoms with Crippen LogP contribution in [0.15, 0.2) is 48.0 Å². The molecule has 0 aliphatic carbocycles. The molecular weight excluding hydrogens is 419 g/mol. The number of benzene rings is 1. The number of methoxy groups -OCH3 is 1. The van der Waals surface area contributed by atoms with E-state index in [2.05, 4.69) is 15.3 Å². The molecule has 0 atom stereocenters. The molecular formula is C20H18F3N3O3S. The van der Waals surface area contributed by atoms with Gasteiger partial charge < -0.3 is 14.8 Å². The van der Waals surface area contributed by atoms with Crippen LogP contribution in [0.1, 0.15) is 21.6 Å². The monoisotopic (exact) mass is 437 g/mol. The van der Waals surface area contributed by atoms with Gasteiger partial charge in [0, 0.05) is 36.9 Å². The molecule has 6 nitrogen and oxygen atoms in total. The van der Waals surface area contributed by atoms with E-state index in [1.54, 1.807) is 25.4 Å². The van der Waals surface area contributed by atoms with Crippen molar-refractivity contribution < 1.29 is 27.4 Å². The number of halogens is 3. The number of rotatable bonds is 8. The molecule has 1 N–H and O–H groups in total. The highest BCUT2D eigenvalue weighted by Crippen LogP contribution is 2.33. The van der Waals surface area contributed by atoms with Gasteiger partial charge in [-0.25, -0.2) is 9.97 Å². The third kappa shape index (κ3) is 5.77. The van der Waals surface area contributed by atoms with Crippen LogP contribution in [-0.2, 0) is 17.5 Å². The molecule has 0 aliphatic rings. The average Bonchev–Trinajstić information content (AvgIpc) is 3.23. The van der Waals surface area contributed by atoms with E-state index in [1.807, 2.05) is 0 Å². The molecule has 1 amide bonds. The van der Waals surface area contributed by atoms with Crippen molar-refractivity contribution in [1.82, 2.24) is 15.3 Å². The first-order chi connectivity index (χ1) is 14.4. The number of pyridine rings is 1. The second kappa shape index (κ2) is 9.68. The molecule has 0 fully saturated rings. The zero-order valence-electron chi connectivity index (χ0n) is 15.9. The normalized spacial score (nSPS) is 11.3. The van der Waals surface area contributed by atoms with E-state index in [9.17, 15) is 18.0 Å². The Morgan fingerprint density at radius 2 is 2.03 bits per heavy atom. The van der Waals surface area contributed by atoms with Crippen LogP contribution in [0.3, 0.4) is 0 Å². The Hall–Kier alpha value is -2.98. The molecule has 0 spiro atoms. The molecule has 2 heterocycles. The summed E-state index contributed by atoms with van der Waals surface area (Å²) in [4.78, 5) is 20.6. The maximum atomic E-state index is 12.9. The number of carbonyl (C=O) groups is 1. The van der Waals surface area contributed by atoms with E-state index in [-0.39, 0.29) is 12.2 Å². The van der Waals surface area contributed by atoms with Gasteiger partial charge in [-0.05, 0) is 17.7 Å². The Kier molecular flexibility index (Phi) is 7.01. The molecule has 10 heteroatoms. The molecule has 0 aliphatic heterocycles. The lowest BCUT2D eigenvalue weighted by Gasteiger charge is -2.07. The summed E-state index contributed by atoms with van der Waals surface area (Å²) in [6.45, 7) is 1.06. The van der Waals surface area contributed by atoms with E-state index in [4.69, 9.17) is 9.47 Å². The van der Waals surface area contributed by atoms with Crippen LogP contribution in [0.2, 0.25) is 0 Å². The van der Waals surface area contributed by atoms with Crippen LogP contribution in [0, 0.1) is 0 Å². The van der Waals surface area contributed by atoms with Gasteiger partial charge >= 0.3 is 6.18 Å². The SMILES string of the molecule is COCCOc1ccc(CNC(=O)c2csc(-c3cccc(C(F)(F)F)c3)n2)cn1. The van der Waals surface area contributed by atoms with Crippen molar-refractivity contribution in [1.29, 1.82) is 0 Å². The van der Waals surface area contributed by atoms with Crippen molar-refractivity contribution in [2.24, 2.45) is 0 Å². The first-order valence-electron chi connectivity index (χ1n) is 8.85. The third-order valence-electron chi connectivity index (χ3n) is 3.96. The molecule has 0 saturated heterocycles. The number of amides is 1. The van der Waals surface area contributed by atoms with Crippen molar-refractivity contribution in [2.75, 3.05) is 20.3 Å². The van der Waals surface area contributed by atoms with Gasteiger partial charge in [-0.15, -0.1) is 11.3 Å². The minimum atomic E-state index is -4.44. The summed E-state index contributed by atoms with van der Waals surface area (Å²) in [6, 6.07) is 8.30. The van der Waals surface area contributed by atoms with Crippen LogP contribution < -0.4 is 10.1 Å². The summed E-state index contributed by atoms with van der Waals surface area (Å²) < 4.78 is 48.9. The zero-order valence-corrected chi connectivity index (χ0v) is 16.7. The summed E-state index contributed by atoms with van der Waals surface area (Å²) in [5, 5.41) is 4.56. The van der Waals surface area contributed by atoms with Gasteiger partial charge in [-0.1, -0.05) is 18.2 Å². The highest BCUT2D eigenvalue weighted by Gasteiger charge is 2.30. The standard InChI is InChI=1S/C20H18F3N3O3S/c1-28-7-8-29-17-6-5-13(10-24-17)11-25-18(27)16-12-30-19(26-16)14-3-2-4-15(9-14)20(21,22)23/h2-6,9-10,12H,7-8,11H2,1H3,(H,25,27). The van der Waals surface area contributed by atoms with Gasteiger partial charge in [0.05, 0.1) is 12.2 Å². The predicted octanol–water partition coefficient (Wildman–Crippen LogP) is 4.18. The van der Waals surface area contributed by atoms with E-state index in [0.717, 1.165) is 29.0 Å². The average molecular weight is 437 g/mol. The third-order valence-corrected chi connectivity index (χ3v) is 4.85. The largest absolute Gasteiger partial charge is 0.475 e. The number of hydrogen-bond donors (Lipinski definition) is 1. The van der Waals surface area contributed by atoms with E-state index >= 15 is 0 Å². The summed E-state index contributed by atoms with van der Waals surface area (Å²) in [6.07, 6.45) is -2.86. The minimum absolute atomic E-state index is 0.139. The van der Waals surface area contributed by atoms with Gasteiger partial charge in [-0.3, -0.25) is 4.79 Å². The number of nitrogens with one attached hydrogen (secondary N) is 1. The minimum Gasteiger partial charge on any atom is -0.475 e. The molecule has 0 radical (unpaired) electrons. The first kappa shape index (κ1) is 21.7.